The minimum atomic E-state index is 0.332. The van der Waals surface area contributed by atoms with E-state index < -0.39 is 0 Å². The molecule has 0 aromatic carbocycles. The van der Waals surface area contributed by atoms with Crippen LogP contribution in [0.3, 0.4) is 0 Å². The van der Waals surface area contributed by atoms with Gasteiger partial charge in [0, 0.05) is 13.1 Å². The van der Waals surface area contributed by atoms with Crippen molar-refractivity contribution in [1.29, 1.82) is 0 Å². The molecule has 0 spiro atoms. The van der Waals surface area contributed by atoms with E-state index in [2.05, 4.69) is 9.88 Å². The van der Waals surface area contributed by atoms with Crippen molar-refractivity contribution in [2.24, 2.45) is 0 Å². The highest BCUT2D eigenvalue weighted by Gasteiger charge is 2.34. The van der Waals surface area contributed by atoms with Crippen molar-refractivity contribution in [2.75, 3.05) is 23.7 Å². The van der Waals surface area contributed by atoms with E-state index in [1.54, 1.807) is 6.07 Å². The van der Waals surface area contributed by atoms with Crippen LogP contribution in [0.25, 0.3) is 0 Å². The zero-order valence-electron chi connectivity index (χ0n) is 8.90. The third-order valence-electron chi connectivity index (χ3n) is 3.21. The van der Waals surface area contributed by atoms with Gasteiger partial charge in [0.1, 0.15) is 5.15 Å². The summed E-state index contributed by atoms with van der Waals surface area (Å²) in [6, 6.07) is 3.53. The maximum Gasteiger partial charge on any atom is 0.153 e. The number of rotatable bonds is 1. The molecule has 5 heteroatoms. The van der Waals surface area contributed by atoms with Crippen molar-refractivity contribution in [3.05, 3.63) is 17.3 Å². The first kappa shape index (κ1) is 10.2. The number of anilines is 2. The molecule has 1 aromatic rings. The molecule has 2 fully saturated rings. The molecule has 86 valence electrons. The van der Waals surface area contributed by atoms with E-state index in [0.717, 1.165) is 31.7 Å². The first-order valence-corrected chi connectivity index (χ1v) is 5.92. The van der Waals surface area contributed by atoms with Crippen LogP contribution in [0.5, 0.6) is 0 Å². The van der Waals surface area contributed by atoms with Crippen LogP contribution in [-0.2, 0) is 4.74 Å². The van der Waals surface area contributed by atoms with Crippen LogP contribution < -0.4 is 10.6 Å². The molecule has 0 radical (unpaired) electrons. The Balaban J connectivity index is 1.89. The van der Waals surface area contributed by atoms with Gasteiger partial charge in [-0.2, -0.15) is 0 Å². The van der Waals surface area contributed by atoms with Crippen LogP contribution in [0.4, 0.5) is 11.5 Å². The lowest BCUT2D eigenvalue weighted by Crippen LogP contribution is -2.43. The number of hydrogen-bond acceptors (Lipinski definition) is 4. The smallest absolute Gasteiger partial charge is 0.153 e. The van der Waals surface area contributed by atoms with Gasteiger partial charge in [0.05, 0.1) is 17.9 Å². The standard InChI is InChI=1S/C11H14ClN3O/c12-10-4-3-9(13)11(14-10)15-5-7-1-2-8(6-15)16-7/h3-4,7-8H,1-2,5-6,13H2. The van der Waals surface area contributed by atoms with Crippen LogP contribution in [0, 0.1) is 0 Å². The fraction of sp³-hybridized carbons (Fsp3) is 0.545. The molecule has 0 aliphatic carbocycles. The Morgan fingerprint density at radius 2 is 2.00 bits per heavy atom. The lowest BCUT2D eigenvalue weighted by molar-refractivity contribution is 0.0303. The van der Waals surface area contributed by atoms with E-state index in [4.69, 9.17) is 22.1 Å². The van der Waals surface area contributed by atoms with Gasteiger partial charge in [0.2, 0.25) is 0 Å². The van der Waals surface area contributed by atoms with Gasteiger partial charge in [-0.25, -0.2) is 4.98 Å². The quantitative estimate of drug-likeness (QED) is 0.758. The normalized spacial score (nSPS) is 28.4. The minimum absolute atomic E-state index is 0.332. The third kappa shape index (κ3) is 1.72. The maximum absolute atomic E-state index is 5.93. The van der Waals surface area contributed by atoms with Crippen LogP contribution in [0.15, 0.2) is 12.1 Å². The SMILES string of the molecule is Nc1ccc(Cl)nc1N1CC2CCC(C1)O2. The Labute approximate surface area is 99.3 Å². The van der Waals surface area contributed by atoms with E-state index in [-0.39, 0.29) is 0 Å². The van der Waals surface area contributed by atoms with Gasteiger partial charge in [-0.1, -0.05) is 11.6 Å². The van der Waals surface area contributed by atoms with Crippen molar-refractivity contribution in [1.82, 2.24) is 4.98 Å². The summed E-state index contributed by atoms with van der Waals surface area (Å²) in [6.07, 6.45) is 2.95. The molecule has 1 aromatic heterocycles. The Kier molecular flexibility index (Phi) is 2.41. The van der Waals surface area contributed by atoms with Gasteiger partial charge in [-0.15, -0.1) is 0 Å². The molecule has 0 saturated carbocycles. The molecular weight excluding hydrogens is 226 g/mol. The van der Waals surface area contributed by atoms with E-state index in [9.17, 15) is 0 Å². The zero-order chi connectivity index (χ0) is 11.1. The van der Waals surface area contributed by atoms with Crippen LogP contribution in [0.2, 0.25) is 5.15 Å². The Hall–Kier alpha value is -1.00. The molecule has 4 nitrogen and oxygen atoms in total. The van der Waals surface area contributed by atoms with Gasteiger partial charge in [0.15, 0.2) is 5.82 Å². The number of aromatic nitrogens is 1. The van der Waals surface area contributed by atoms with Crippen molar-refractivity contribution < 1.29 is 4.74 Å². The molecule has 0 amide bonds. The lowest BCUT2D eigenvalue weighted by Gasteiger charge is -2.33. The summed E-state index contributed by atoms with van der Waals surface area (Å²) >= 11 is 5.90. The van der Waals surface area contributed by atoms with Crippen LogP contribution in [0.1, 0.15) is 12.8 Å². The largest absolute Gasteiger partial charge is 0.396 e. The Bertz CT molecular complexity index is 400. The second kappa shape index (κ2) is 3.79. The number of nitrogens with two attached hydrogens (primary N) is 1. The molecule has 2 N–H and O–H groups in total. The van der Waals surface area contributed by atoms with Gasteiger partial charge in [-0.3, -0.25) is 0 Å². The number of pyridine rings is 1. The first-order chi connectivity index (χ1) is 7.72. The Morgan fingerprint density at radius 1 is 1.31 bits per heavy atom. The summed E-state index contributed by atoms with van der Waals surface area (Å²) in [5.41, 5.74) is 6.61. The molecule has 2 unspecified atom stereocenters. The Morgan fingerprint density at radius 3 is 2.69 bits per heavy atom. The molecule has 2 bridgehead atoms. The van der Waals surface area contributed by atoms with Crippen molar-refractivity contribution >= 4 is 23.1 Å². The second-order valence-electron chi connectivity index (χ2n) is 4.41. The molecule has 2 atom stereocenters. The van der Waals surface area contributed by atoms with Gasteiger partial charge < -0.3 is 15.4 Å². The number of halogens is 1. The third-order valence-corrected chi connectivity index (χ3v) is 3.42. The van der Waals surface area contributed by atoms with E-state index in [1.165, 1.54) is 0 Å². The fourth-order valence-corrected chi connectivity index (χ4v) is 2.62. The average molecular weight is 240 g/mol. The molecule has 2 aliphatic rings. The van der Waals surface area contributed by atoms with Crippen molar-refractivity contribution in [3.63, 3.8) is 0 Å². The number of ether oxygens (including phenoxy) is 1. The van der Waals surface area contributed by atoms with Gasteiger partial charge >= 0.3 is 0 Å². The van der Waals surface area contributed by atoms with E-state index >= 15 is 0 Å². The lowest BCUT2D eigenvalue weighted by atomic mass is 10.2. The molecule has 2 aliphatic heterocycles. The topological polar surface area (TPSA) is 51.4 Å². The van der Waals surface area contributed by atoms with E-state index in [0.29, 0.717) is 23.0 Å². The molecule has 3 rings (SSSR count). The monoisotopic (exact) mass is 239 g/mol. The molecule has 2 saturated heterocycles. The first-order valence-electron chi connectivity index (χ1n) is 5.55. The number of nitrogens with zero attached hydrogens (tertiary/aromatic N) is 2. The van der Waals surface area contributed by atoms with Crippen molar-refractivity contribution in [2.45, 2.75) is 25.0 Å². The minimum Gasteiger partial charge on any atom is -0.396 e. The predicted molar refractivity (Wildman–Crippen MR) is 63.8 cm³/mol. The highest BCUT2D eigenvalue weighted by atomic mass is 35.5. The molecule has 3 heterocycles. The molecule has 16 heavy (non-hydrogen) atoms. The number of fused-ring (bicyclic) bond motifs is 2. The highest BCUT2D eigenvalue weighted by molar-refractivity contribution is 6.29. The maximum atomic E-state index is 5.93. The number of morpholine rings is 1. The predicted octanol–water partition coefficient (Wildman–Crippen LogP) is 1.68. The van der Waals surface area contributed by atoms with Crippen LogP contribution in [-0.4, -0.2) is 30.3 Å². The highest BCUT2D eigenvalue weighted by Crippen LogP contribution is 2.31. The fourth-order valence-electron chi connectivity index (χ4n) is 2.48. The average Bonchev–Trinajstić information content (AvgIpc) is 2.61. The summed E-state index contributed by atoms with van der Waals surface area (Å²) in [5.74, 6) is 0.799. The zero-order valence-corrected chi connectivity index (χ0v) is 9.65. The van der Waals surface area contributed by atoms with Gasteiger partial charge in [0.25, 0.3) is 0 Å². The summed E-state index contributed by atoms with van der Waals surface area (Å²) in [7, 11) is 0. The van der Waals surface area contributed by atoms with Gasteiger partial charge in [-0.05, 0) is 25.0 Å². The number of hydrogen-bond donors (Lipinski definition) is 1. The van der Waals surface area contributed by atoms with E-state index in [1.807, 2.05) is 6.07 Å². The molecular formula is C11H14ClN3O. The second-order valence-corrected chi connectivity index (χ2v) is 4.80. The van der Waals surface area contributed by atoms with Crippen LogP contribution >= 0.6 is 11.6 Å². The summed E-state index contributed by atoms with van der Waals surface area (Å²) in [6.45, 7) is 1.74. The summed E-state index contributed by atoms with van der Waals surface area (Å²) in [5, 5.41) is 0.489. The summed E-state index contributed by atoms with van der Waals surface area (Å²) < 4.78 is 5.78. The van der Waals surface area contributed by atoms with Crippen molar-refractivity contribution in [3.8, 4) is 0 Å². The number of nitrogen functional groups attached to an aromatic ring is 1. The summed E-state index contributed by atoms with van der Waals surface area (Å²) in [4.78, 5) is 6.49.